The summed E-state index contributed by atoms with van der Waals surface area (Å²) in [6, 6.07) is 3.20. The van der Waals surface area contributed by atoms with E-state index in [0.717, 1.165) is 12.1 Å². The minimum absolute atomic E-state index is 0.232. The first-order chi connectivity index (χ1) is 9.50. The van der Waals surface area contributed by atoms with Crippen LogP contribution in [0.15, 0.2) is 18.2 Å². The quantitative estimate of drug-likeness (QED) is 0.821. The number of anilines is 1. The first-order valence-corrected chi connectivity index (χ1v) is 6.39. The van der Waals surface area contributed by atoms with Gasteiger partial charge in [0.2, 0.25) is 0 Å². The van der Waals surface area contributed by atoms with Gasteiger partial charge in [-0.25, -0.2) is 9.67 Å². The molecule has 0 saturated heterocycles. The van der Waals surface area contributed by atoms with Gasteiger partial charge in [0.15, 0.2) is 11.6 Å². The Kier molecular flexibility index (Phi) is 3.47. The number of halogens is 3. The molecule has 2 aromatic rings. The summed E-state index contributed by atoms with van der Waals surface area (Å²) < 4.78 is 39.9. The molecule has 0 amide bonds. The first kappa shape index (κ1) is 15.3. The smallest absolute Gasteiger partial charge is 0.398 e. The minimum atomic E-state index is -4.42. The van der Waals surface area contributed by atoms with Gasteiger partial charge in [-0.15, -0.1) is 0 Å². The van der Waals surface area contributed by atoms with E-state index in [0.29, 0.717) is 11.6 Å². The van der Waals surface area contributed by atoms with Gasteiger partial charge in [-0.05, 0) is 18.2 Å². The third-order valence-electron chi connectivity index (χ3n) is 3.06. The molecule has 114 valence electrons. The number of alkyl halides is 3. The zero-order chi connectivity index (χ0) is 16.0. The van der Waals surface area contributed by atoms with Crippen LogP contribution in [0.1, 0.15) is 32.2 Å². The maximum absolute atomic E-state index is 12.8. The van der Waals surface area contributed by atoms with Gasteiger partial charge in [0.05, 0.1) is 5.56 Å². The van der Waals surface area contributed by atoms with Crippen molar-refractivity contribution in [1.82, 2.24) is 14.8 Å². The van der Waals surface area contributed by atoms with Gasteiger partial charge in [-0.2, -0.15) is 18.3 Å². The molecule has 0 fully saturated rings. The van der Waals surface area contributed by atoms with Crippen molar-refractivity contribution in [2.45, 2.75) is 32.4 Å². The Bertz CT molecular complexity index is 666. The summed E-state index contributed by atoms with van der Waals surface area (Å²) >= 11 is 0. The van der Waals surface area contributed by atoms with E-state index in [1.54, 1.807) is 7.05 Å². The zero-order valence-corrected chi connectivity index (χ0v) is 12.3. The summed E-state index contributed by atoms with van der Waals surface area (Å²) in [5.41, 5.74) is 5.21. The highest BCUT2D eigenvalue weighted by Gasteiger charge is 2.31. The molecular weight excluding hydrogens is 281 g/mol. The number of hydrogen-bond acceptors (Lipinski definition) is 3. The van der Waals surface area contributed by atoms with E-state index in [-0.39, 0.29) is 16.7 Å². The fourth-order valence-electron chi connectivity index (χ4n) is 1.86. The van der Waals surface area contributed by atoms with Crippen LogP contribution in [-0.4, -0.2) is 14.8 Å². The first-order valence-electron chi connectivity index (χ1n) is 6.39. The number of hydrogen-bond donors (Lipinski definition) is 1. The molecule has 1 aromatic carbocycles. The second-order valence-corrected chi connectivity index (χ2v) is 5.93. The molecule has 1 aromatic heterocycles. The summed E-state index contributed by atoms with van der Waals surface area (Å²) in [6.45, 7) is 5.80. The highest BCUT2D eigenvalue weighted by Crippen LogP contribution is 2.35. The van der Waals surface area contributed by atoms with Gasteiger partial charge >= 0.3 is 6.18 Å². The van der Waals surface area contributed by atoms with E-state index in [1.807, 2.05) is 20.8 Å². The van der Waals surface area contributed by atoms with E-state index >= 15 is 0 Å². The second kappa shape index (κ2) is 4.75. The van der Waals surface area contributed by atoms with Gasteiger partial charge < -0.3 is 5.73 Å². The Hall–Kier alpha value is -2.05. The van der Waals surface area contributed by atoms with Gasteiger partial charge in [-0.1, -0.05) is 20.8 Å². The third-order valence-corrected chi connectivity index (χ3v) is 3.06. The zero-order valence-electron chi connectivity index (χ0n) is 12.3. The van der Waals surface area contributed by atoms with Crippen LogP contribution in [0.3, 0.4) is 0 Å². The Balaban J connectivity index is 2.59. The third kappa shape index (κ3) is 3.01. The molecule has 0 spiro atoms. The average molecular weight is 298 g/mol. The van der Waals surface area contributed by atoms with Crippen molar-refractivity contribution >= 4 is 5.69 Å². The van der Waals surface area contributed by atoms with Crippen molar-refractivity contribution in [3.05, 3.63) is 29.6 Å². The molecule has 2 rings (SSSR count). The lowest BCUT2D eigenvalue weighted by molar-refractivity contribution is -0.137. The van der Waals surface area contributed by atoms with E-state index in [9.17, 15) is 13.2 Å². The molecule has 2 N–H and O–H groups in total. The summed E-state index contributed by atoms with van der Waals surface area (Å²) in [5.74, 6) is 0.875. The monoisotopic (exact) mass is 298 g/mol. The van der Waals surface area contributed by atoms with Crippen LogP contribution in [0.5, 0.6) is 0 Å². The average Bonchev–Trinajstić information content (AvgIpc) is 2.70. The molecule has 1 heterocycles. The predicted octanol–water partition coefficient (Wildman–Crippen LogP) is 3.38. The second-order valence-electron chi connectivity index (χ2n) is 5.93. The number of benzene rings is 1. The van der Waals surface area contributed by atoms with E-state index in [2.05, 4.69) is 10.1 Å². The summed E-state index contributed by atoms with van der Waals surface area (Å²) in [7, 11) is 1.64. The Labute approximate surface area is 120 Å². The standard InChI is InChI=1S/C14H17F3N4/c1-13(2,3)12-19-11(21(4)20-12)9-7-8(14(15,16)17)5-6-10(9)18/h5-7H,18H2,1-4H3. The van der Waals surface area contributed by atoms with Crippen LogP contribution >= 0.6 is 0 Å². The molecule has 7 heteroatoms. The lowest BCUT2D eigenvalue weighted by Crippen LogP contribution is -2.13. The topological polar surface area (TPSA) is 56.7 Å². The maximum Gasteiger partial charge on any atom is 0.416 e. The van der Waals surface area contributed by atoms with Crippen LogP contribution in [0.25, 0.3) is 11.4 Å². The highest BCUT2D eigenvalue weighted by atomic mass is 19.4. The molecule has 0 radical (unpaired) electrons. The number of nitrogens with two attached hydrogens (primary N) is 1. The fourth-order valence-corrected chi connectivity index (χ4v) is 1.86. The fraction of sp³-hybridized carbons (Fsp3) is 0.429. The van der Waals surface area contributed by atoms with Gasteiger partial charge in [0, 0.05) is 23.7 Å². The predicted molar refractivity (Wildman–Crippen MR) is 74.6 cm³/mol. The molecule has 0 saturated carbocycles. The van der Waals surface area contributed by atoms with Gasteiger partial charge in [-0.3, -0.25) is 0 Å². The van der Waals surface area contributed by atoms with Crippen molar-refractivity contribution in [2.75, 3.05) is 5.73 Å². The molecular formula is C14H17F3N4. The molecule has 0 aliphatic rings. The maximum atomic E-state index is 12.8. The number of nitrogen functional groups attached to an aromatic ring is 1. The van der Waals surface area contributed by atoms with Gasteiger partial charge in [0.25, 0.3) is 0 Å². The summed E-state index contributed by atoms with van der Waals surface area (Å²) in [5, 5.41) is 4.26. The molecule has 0 aliphatic heterocycles. The van der Waals surface area contributed by atoms with Crippen molar-refractivity contribution in [1.29, 1.82) is 0 Å². The van der Waals surface area contributed by atoms with Crippen molar-refractivity contribution < 1.29 is 13.2 Å². The largest absolute Gasteiger partial charge is 0.416 e. The molecule has 0 atom stereocenters. The van der Waals surface area contributed by atoms with E-state index in [1.165, 1.54) is 10.7 Å². The van der Waals surface area contributed by atoms with Crippen molar-refractivity contribution in [2.24, 2.45) is 7.05 Å². The molecule has 4 nitrogen and oxygen atoms in total. The molecule has 21 heavy (non-hydrogen) atoms. The lowest BCUT2D eigenvalue weighted by atomic mass is 9.96. The normalized spacial score (nSPS) is 12.7. The van der Waals surface area contributed by atoms with Crippen molar-refractivity contribution in [3.8, 4) is 11.4 Å². The Morgan fingerprint density at radius 2 is 1.76 bits per heavy atom. The highest BCUT2D eigenvalue weighted by molar-refractivity contribution is 5.72. The summed E-state index contributed by atoms with van der Waals surface area (Å²) in [6.07, 6.45) is -4.42. The van der Waals surface area contributed by atoms with E-state index in [4.69, 9.17) is 5.73 Å². The molecule has 0 unspecified atom stereocenters. The summed E-state index contributed by atoms with van der Waals surface area (Å²) in [4.78, 5) is 4.34. The van der Waals surface area contributed by atoms with Crippen LogP contribution in [0.4, 0.5) is 18.9 Å². The van der Waals surface area contributed by atoms with E-state index < -0.39 is 11.7 Å². The number of aryl methyl sites for hydroxylation is 1. The lowest BCUT2D eigenvalue weighted by Gasteiger charge is -2.12. The molecule has 0 bridgehead atoms. The number of rotatable bonds is 1. The Morgan fingerprint density at radius 1 is 1.14 bits per heavy atom. The van der Waals surface area contributed by atoms with Crippen molar-refractivity contribution in [3.63, 3.8) is 0 Å². The number of aromatic nitrogens is 3. The minimum Gasteiger partial charge on any atom is -0.398 e. The van der Waals surface area contributed by atoms with Crippen LogP contribution < -0.4 is 5.73 Å². The van der Waals surface area contributed by atoms with Crippen LogP contribution in [0.2, 0.25) is 0 Å². The van der Waals surface area contributed by atoms with Crippen LogP contribution in [0, 0.1) is 0 Å². The SMILES string of the molecule is Cn1nc(C(C)(C)C)nc1-c1cc(C(F)(F)F)ccc1N. The Morgan fingerprint density at radius 3 is 2.24 bits per heavy atom. The number of nitrogens with zero attached hydrogens (tertiary/aromatic N) is 3. The van der Waals surface area contributed by atoms with Gasteiger partial charge in [0.1, 0.15) is 0 Å². The molecule has 0 aliphatic carbocycles. The van der Waals surface area contributed by atoms with Crippen LogP contribution in [-0.2, 0) is 18.6 Å².